The number of nitrogens with one attached hydrogen (secondary N) is 4. The lowest BCUT2D eigenvalue weighted by molar-refractivity contribution is -0.130. The van der Waals surface area contributed by atoms with Gasteiger partial charge in [-0.3, -0.25) is 14.6 Å². The molecule has 0 saturated heterocycles. The molecule has 0 fully saturated rings. The number of amides is 4. The molecule has 57 heavy (non-hydrogen) atoms. The molecule has 0 aliphatic rings. The van der Waals surface area contributed by atoms with Gasteiger partial charge in [-0.15, -0.1) is 0 Å². The quantitative estimate of drug-likeness (QED) is 0.0545. The topological polar surface area (TPSA) is 258 Å². The maximum atomic E-state index is 14.4. The number of carbonyl (C=O) groups is 4. The number of benzene rings is 2. The van der Waals surface area contributed by atoms with Crippen LogP contribution in [0.4, 0.5) is 9.59 Å². The number of hydrogen-bond acceptors (Lipinski definition) is 11. The van der Waals surface area contributed by atoms with Crippen LogP contribution in [0.3, 0.4) is 0 Å². The van der Waals surface area contributed by atoms with Gasteiger partial charge in [-0.05, 0) is 115 Å². The summed E-state index contributed by atoms with van der Waals surface area (Å²) in [5.74, 6) is -0.813. The molecule has 0 bridgehead atoms. The zero-order valence-electron chi connectivity index (χ0n) is 34.2. The molecule has 9 N–H and O–H groups in total. The lowest BCUT2D eigenvalue weighted by Gasteiger charge is -2.26. The summed E-state index contributed by atoms with van der Waals surface area (Å²) in [6.45, 7) is 14.3. The van der Waals surface area contributed by atoms with Crippen molar-refractivity contribution in [3.05, 3.63) is 76.4 Å². The number of aromatic nitrogens is 2. The first-order valence-corrected chi connectivity index (χ1v) is 19.0. The Balaban J connectivity index is 1.92. The summed E-state index contributed by atoms with van der Waals surface area (Å²) in [5.41, 5.74) is 12.6. The van der Waals surface area contributed by atoms with Crippen molar-refractivity contribution in [3.8, 4) is 5.75 Å². The Bertz CT molecular complexity index is 1810. The lowest BCUT2D eigenvalue weighted by atomic mass is 9.95. The molecule has 0 aliphatic heterocycles. The van der Waals surface area contributed by atoms with Crippen molar-refractivity contribution >= 4 is 30.0 Å². The van der Waals surface area contributed by atoms with Crippen molar-refractivity contribution in [2.75, 3.05) is 13.1 Å². The Hall–Kier alpha value is -5.87. The van der Waals surface area contributed by atoms with Gasteiger partial charge in [0.2, 0.25) is 17.7 Å². The maximum absolute atomic E-state index is 14.4. The highest BCUT2D eigenvalue weighted by molar-refractivity contribution is 5.91. The van der Waals surface area contributed by atoms with Crippen LogP contribution in [-0.4, -0.2) is 81.6 Å². The number of rotatable bonds is 18. The molecule has 3 atom stereocenters. The molecule has 17 nitrogen and oxygen atoms in total. The van der Waals surface area contributed by atoms with E-state index in [1.165, 1.54) is 0 Å². The Kier molecular flexibility index (Phi) is 16.7. The Morgan fingerprint density at radius 2 is 1.46 bits per heavy atom. The van der Waals surface area contributed by atoms with Crippen molar-refractivity contribution in [2.24, 2.45) is 16.5 Å². The van der Waals surface area contributed by atoms with Gasteiger partial charge in [-0.1, -0.05) is 35.5 Å². The zero-order chi connectivity index (χ0) is 42.3. The minimum absolute atomic E-state index is 0.00338. The summed E-state index contributed by atoms with van der Waals surface area (Å²) in [7, 11) is 0. The minimum Gasteiger partial charge on any atom is -0.508 e. The van der Waals surface area contributed by atoms with Crippen LogP contribution >= 0.6 is 0 Å². The van der Waals surface area contributed by atoms with Crippen molar-refractivity contribution in [2.45, 2.75) is 123 Å². The third kappa shape index (κ3) is 16.8. The predicted molar refractivity (Wildman–Crippen MR) is 214 cm³/mol. The zero-order valence-corrected chi connectivity index (χ0v) is 34.2. The number of phenolic OH excluding ortho intramolecular Hbond substituents is 1. The summed E-state index contributed by atoms with van der Waals surface area (Å²) in [4.78, 5) is 61.9. The highest BCUT2D eigenvalue weighted by atomic mass is 16.6. The van der Waals surface area contributed by atoms with E-state index in [9.17, 15) is 24.3 Å². The number of alkyl carbamates (subject to hydrolysis) is 2. The second-order valence-corrected chi connectivity index (χ2v) is 15.8. The van der Waals surface area contributed by atoms with Gasteiger partial charge in [-0.25, -0.2) is 9.59 Å². The maximum Gasteiger partial charge on any atom is 0.408 e. The first-order valence-electron chi connectivity index (χ1n) is 19.0. The summed E-state index contributed by atoms with van der Waals surface area (Å²) < 4.78 is 16.4. The first-order chi connectivity index (χ1) is 26.7. The normalized spacial score (nSPS) is 13.1. The summed E-state index contributed by atoms with van der Waals surface area (Å²) in [6, 6.07) is 9.59. The van der Waals surface area contributed by atoms with Gasteiger partial charge in [0.05, 0.1) is 0 Å². The Morgan fingerprint density at radius 3 is 2.07 bits per heavy atom. The van der Waals surface area contributed by atoms with E-state index in [0.29, 0.717) is 49.2 Å². The number of aryl methyl sites for hydroxylation is 2. The van der Waals surface area contributed by atoms with Crippen LogP contribution in [0, 0.1) is 13.8 Å². The van der Waals surface area contributed by atoms with Gasteiger partial charge in [-0.2, -0.15) is 4.98 Å². The number of aromatic hydroxyl groups is 1. The third-order valence-electron chi connectivity index (χ3n) is 8.33. The molecular weight excluding hydrogens is 734 g/mol. The van der Waals surface area contributed by atoms with E-state index in [1.54, 1.807) is 67.5 Å². The van der Waals surface area contributed by atoms with Gasteiger partial charge >= 0.3 is 12.2 Å². The molecule has 0 radical (unpaired) electrons. The standard InChI is InChI=1S/C40H59N9O8/c1-24-20-27(50)21-25(2)28(24)23-31(46-33(51)29(17-19-43-36(41)42)47-38(54)56-40(6,7)8)34(52)45-30(16-12-13-18-44-37(53)55-39(3,4)5)35-48-32(49-57-35)22-26-14-10-9-11-15-26/h9-11,14-15,20-21,29-31,50H,12-13,16-19,22-23H2,1-8H3,(H,44,53)(H,45,52)(H,46,51)(H,47,54)(H4,41,42,43)/t29-,30+,31+/m1/s1. The largest absolute Gasteiger partial charge is 0.508 e. The number of hydrogen-bond donors (Lipinski definition) is 7. The smallest absolute Gasteiger partial charge is 0.408 e. The summed E-state index contributed by atoms with van der Waals surface area (Å²) in [6.07, 6.45) is 0.434. The minimum atomic E-state index is -1.19. The van der Waals surface area contributed by atoms with E-state index in [4.69, 9.17) is 25.5 Å². The molecule has 3 aromatic rings. The fourth-order valence-electron chi connectivity index (χ4n) is 5.79. The molecule has 17 heteroatoms. The van der Waals surface area contributed by atoms with Gasteiger partial charge in [0, 0.05) is 25.9 Å². The number of carbonyl (C=O) groups excluding carboxylic acids is 4. The Labute approximate surface area is 334 Å². The average Bonchev–Trinajstić information content (AvgIpc) is 3.54. The highest BCUT2D eigenvalue weighted by Gasteiger charge is 2.32. The molecule has 0 saturated carbocycles. The molecule has 0 spiro atoms. The number of nitrogens with zero attached hydrogens (tertiary/aromatic N) is 3. The predicted octanol–water partition coefficient (Wildman–Crippen LogP) is 4.12. The second-order valence-electron chi connectivity index (χ2n) is 15.8. The fourth-order valence-corrected chi connectivity index (χ4v) is 5.79. The van der Waals surface area contributed by atoms with E-state index in [2.05, 4.69) is 36.4 Å². The summed E-state index contributed by atoms with van der Waals surface area (Å²) >= 11 is 0. The molecule has 3 rings (SSSR count). The van der Waals surface area contributed by atoms with Crippen molar-refractivity contribution in [1.29, 1.82) is 0 Å². The number of guanidine groups is 1. The number of phenols is 1. The van der Waals surface area contributed by atoms with Crippen LogP contribution in [0.5, 0.6) is 5.75 Å². The van der Waals surface area contributed by atoms with Gasteiger partial charge in [0.1, 0.15) is 35.1 Å². The van der Waals surface area contributed by atoms with E-state index in [1.807, 2.05) is 30.3 Å². The molecule has 0 unspecified atom stereocenters. The molecule has 0 aliphatic carbocycles. The van der Waals surface area contributed by atoms with Crippen LogP contribution < -0.4 is 32.7 Å². The van der Waals surface area contributed by atoms with Gasteiger partial charge < -0.3 is 51.8 Å². The van der Waals surface area contributed by atoms with Crippen molar-refractivity contribution < 1.29 is 38.3 Å². The van der Waals surface area contributed by atoms with Crippen LogP contribution in [-0.2, 0) is 31.9 Å². The second kappa shape index (κ2) is 20.9. The Morgan fingerprint density at radius 1 is 0.842 bits per heavy atom. The van der Waals surface area contributed by atoms with Crippen molar-refractivity contribution in [3.63, 3.8) is 0 Å². The number of ether oxygens (including phenoxy) is 2. The molecule has 1 heterocycles. The molecule has 1 aromatic heterocycles. The molecular formula is C40H59N9O8. The van der Waals surface area contributed by atoms with E-state index in [-0.39, 0.29) is 37.0 Å². The highest BCUT2D eigenvalue weighted by Crippen LogP contribution is 2.24. The number of nitrogens with two attached hydrogens (primary N) is 2. The van der Waals surface area contributed by atoms with Crippen LogP contribution in [0.15, 0.2) is 52.0 Å². The molecule has 312 valence electrons. The number of unbranched alkanes of at least 4 members (excludes halogenated alkanes) is 1. The monoisotopic (exact) mass is 793 g/mol. The molecule has 4 amide bonds. The average molecular weight is 794 g/mol. The third-order valence-corrected chi connectivity index (χ3v) is 8.33. The van der Waals surface area contributed by atoms with E-state index in [0.717, 1.165) is 11.1 Å². The first kappa shape index (κ1) is 45.5. The lowest BCUT2D eigenvalue weighted by Crippen LogP contribution is -2.55. The van der Waals surface area contributed by atoms with Crippen LogP contribution in [0.25, 0.3) is 0 Å². The molecule has 2 aromatic carbocycles. The van der Waals surface area contributed by atoms with E-state index < -0.39 is 53.3 Å². The SMILES string of the molecule is Cc1cc(O)cc(C)c1C[C@H](NC(=O)[C@@H](CCN=C(N)N)NC(=O)OC(C)(C)C)C(=O)N[C@@H](CCCCNC(=O)OC(C)(C)C)c1nc(Cc2ccccc2)no1. The van der Waals surface area contributed by atoms with Gasteiger partial charge in [0.15, 0.2) is 11.8 Å². The van der Waals surface area contributed by atoms with E-state index >= 15 is 0 Å². The fraction of sp³-hybridized carbons (Fsp3) is 0.525. The van der Waals surface area contributed by atoms with Crippen LogP contribution in [0.1, 0.15) is 107 Å². The van der Waals surface area contributed by atoms with Crippen molar-refractivity contribution in [1.82, 2.24) is 31.4 Å². The summed E-state index contributed by atoms with van der Waals surface area (Å²) in [5, 5.41) is 25.5. The van der Waals surface area contributed by atoms with Crippen LogP contribution in [0.2, 0.25) is 0 Å². The number of aliphatic imine (C=N–C) groups is 1. The van der Waals surface area contributed by atoms with Gasteiger partial charge in [0.25, 0.3) is 0 Å².